The minimum Gasteiger partial charge on any atom is -0.497 e. The van der Waals surface area contributed by atoms with Crippen molar-refractivity contribution in [3.8, 4) is 5.75 Å². The minimum absolute atomic E-state index is 0.0807. The summed E-state index contributed by atoms with van der Waals surface area (Å²) in [5.41, 5.74) is 1.19. The zero-order valence-corrected chi connectivity index (χ0v) is 8.73. The highest BCUT2D eigenvalue weighted by Gasteiger charge is 2.23. The van der Waals surface area contributed by atoms with Gasteiger partial charge in [-0.05, 0) is 24.1 Å². The summed E-state index contributed by atoms with van der Waals surface area (Å²) in [6.07, 6.45) is 1.42. The van der Waals surface area contributed by atoms with E-state index in [1.165, 1.54) is 5.56 Å². The smallest absolute Gasteiger partial charge is 0.306 e. The van der Waals surface area contributed by atoms with Gasteiger partial charge >= 0.3 is 5.97 Å². The molecular weight excluding hydrogens is 194 g/mol. The molecule has 1 atom stereocenters. The zero-order valence-electron chi connectivity index (χ0n) is 8.73. The second kappa shape index (κ2) is 4.34. The van der Waals surface area contributed by atoms with Crippen molar-refractivity contribution in [3.05, 3.63) is 29.8 Å². The second-order valence-corrected chi connectivity index (χ2v) is 3.81. The van der Waals surface area contributed by atoms with Crippen molar-refractivity contribution in [2.45, 2.75) is 12.8 Å². The minimum atomic E-state index is -0.0807. The molecule has 0 amide bonds. The van der Waals surface area contributed by atoms with E-state index in [1.807, 2.05) is 24.3 Å². The summed E-state index contributed by atoms with van der Waals surface area (Å²) < 4.78 is 10.1. The normalized spacial score (nSPS) is 20.1. The van der Waals surface area contributed by atoms with Gasteiger partial charge in [0.2, 0.25) is 0 Å². The molecule has 0 N–H and O–H groups in total. The largest absolute Gasteiger partial charge is 0.497 e. The predicted octanol–water partition coefficient (Wildman–Crippen LogP) is 1.80. The molecule has 2 rings (SSSR count). The average Bonchev–Trinajstić information content (AvgIpc) is 2.64. The lowest BCUT2D eigenvalue weighted by Crippen LogP contribution is -2.03. The van der Waals surface area contributed by atoms with E-state index in [0.717, 1.165) is 12.2 Å². The quantitative estimate of drug-likeness (QED) is 0.561. The molecule has 1 saturated heterocycles. The van der Waals surface area contributed by atoms with Crippen LogP contribution in [0, 0.1) is 5.92 Å². The molecule has 0 aromatic heterocycles. The fraction of sp³-hybridized carbons (Fsp3) is 0.417. The van der Waals surface area contributed by atoms with Gasteiger partial charge in [0.1, 0.15) is 5.75 Å². The molecule has 1 aliphatic heterocycles. The maximum atomic E-state index is 10.9. The molecule has 1 fully saturated rings. The van der Waals surface area contributed by atoms with E-state index < -0.39 is 0 Å². The van der Waals surface area contributed by atoms with Crippen LogP contribution in [0.1, 0.15) is 12.0 Å². The SMILES string of the molecule is COc1cccc([13CH2]C2CO[13C](=O)C2)c1. The van der Waals surface area contributed by atoms with E-state index in [4.69, 9.17) is 9.47 Å². The van der Waals surface area contributed by atoms with Crippen LogP contribution in [0.5, 0.6) is 5.75 Å². The van der Waals surface area contributed by atoms with Crippen LogP contribution in [0.25, 0.3) is 0 Å². The Morgan fingerprint density at radius 1 is 1.53 bits per heavy atom. The van der Waals surface area contributed by atoms with Crippen LogP contribution >= 0.6 is 0 Å². The van der Waals surface area contributed by atoms with Crippen molar-refractivity contribution in [2.24, 2.45) is 5.92 Å². The number of benzene rings is 1. The van der Waals surface area contributed by atoms with Gasteiger partial charge in [0, 0.05) is 5.92 Å². The third kappa shape index (κ3) is 2.49. The number of methoxy groups -OCH3 is 1. The van der Waals surface area contributed by atoms with Crippen molar-refractivity contribution in [1.29, 1.82) is 0 Å². The maximum Gasteiger partial charge on any atom is 0.306 e. The van der Waals surface area contributed by atoms with Crippen LogP contribution in [0.2, 0.25) is 0 Å². The topological polar surface area (TPSA) is 35.5 Å². The maximum absolute atomic E-state index is 10.9. The van der Waals surface area contributed by atoms with Crippen LogP contribution in [-0.2, 0) is 16.0 Å². The number of rotatable bonds is 3. The Kier molecular flexibility index (Phi) is 2.90. The molecule has 1 heterocycles. The van der Waals surface area contributed by atoms with E-state index >= 15 is 0 Å². The highest BCUT2D eigenvalue weighted by molar-refractivity contribution is 5.71. The molecule has 0 saturated carbocycles. The fourth-order valence-corrected chi connectivity index (χ4v) is 1.83. The highest BCUT2D eigenvalue weighted by Crippen LogP contribution is 2.21. The van der Waals surface area contributed by atoms with Gasteiger partial charge in [-0.15, -0.1) is 0 Å². The first kappa shape index (κ1) is 10.0. The monoisotopic (exact) mass is 208 g/mol. The lowest BCUT2D eigenvalue weighted by atomic mass is 10.2. The van der Waals surface area contributed by atoms with E-state index in [1.54, 1.807) is 7.11 Å². The Morgan fingerprint density at radius 2 is 2.40 bits per heavy atom. The summed E-state index contributed by atoms with van der Waals surface area (Å²) in [5, 5.41) is 0. The molecule has 80 valence electrons. The molecule has 1 aromatic rings. The molecule has 0 bridgehead atoms. The van der Waals surface area contributed by atoms with Gasteiger partial charge in [0.05, 0.1) is 20.1 Å². The van der Waals surface area contributed by atoms with Gasteiger partial charge in [0.15, 0.2) is 0 Å². The lowest BCUT2D eigenvalue weighted by molar-refractivity contribution is -0.137. The van der Waals surface area contributed by atoms with E-state index in [-0.39, 0.29) is 5.97 Å². The number of carbonyl (C=O) groups excluding carboxylic acids is 1. The van der Waals surface area contributed by atoms with Crippen molar-refractivity contribution in [1.82, 2.24) is 0 Å². The predicted molar refractivity (Wildman–Crippen MR) is 55.8 cm³/mol. The third-order valence-electron chi connectivity index (χ3n) is 2.59. The second-order valence-electron chi connectivity index (χ2n) is 3.81. The first-order chi connectivity index (χ1) is 7.28. The molecule has 1 aliphatic rings. The third-order valence-corrected chi connectivity index (χ3v) is 2.59. The van der Waals surface area contributed by atoms with Crippen LogP contribution < -0.4 is 4.74 Å². The van der Waals surface area contributed by atoms with Crippen molar-refractivity contribution in [2.75, 3.05) is 13.7 Å². The number of hydrogen-bond donors (Lipinski definition) is 0. The molecule has 1 aromatic carbocycles. The molecule has 0 spiro atoms. The van der Waals surface area contributed by atoms with Crippen molar-refractivity contribution < 1.29 is 14.3 Å². The first-order valence-corrected chi connectivity index (χ1v) is 5.06. The average molecular weight is 208 g/mol. The highest BCUT2D eigenvalue weighted by atomic mass is 16.6. The first-order valence-electron chi connectivity index (χ1n) is 5.06. The summed E-state index contributed by atoms with van der Waals surface area (Å²) in [4.78, 5) is 10.9. The van der Waals surface area contributed by atoms with Crippen LogP contribution in [-0.4, -0.2) is 19.7 Å². The van der Waals surface area contributed by atoms with Gasteiger partial charge in [-0.3, -0.25) is 4.79 Å². The van der Waals surface area contributed by atoms with Gasteiger partial charge in [-0.1, -0.05) is 12.1 Å². The van der Waals surface area contributed by atoms with Crippen LogP contribution in [0.15, 0.2) is 24.3 Å². The summed E-state index contributed by atoms with van der Waals surface area (Å²) in [7, 11) is 1.65. The van der Waals surface area contributed by atoms with E-state index in [2.05, 4.69) is 0 Å². The lowest BCUT2D eigenvalue weighted by Gasteiger charge is -2.07. The van der Waals surface area contributed by atoms with Crippen molar-refractivity contribution in [3.63, 3.8) is 0 Å². The van der Waals surface area contributed by atoms with Gasteiger partial charge in [-0.25, -0.2) is 0 Å². The standard InChI is InChI=1S/C12H14O3/c1-14-11-4-2-3-9(6-11)5-10-7-12(13)15-8-10/h2-4,6,10H,5,7-8H2,1H3/i5+1,12+1. The molecule has 0 aliphatic carbocycles. The van der Waals surface area contributed by atoms with E-state index in [0.29, 0.717) is 18.9 Å². The number of esters is 1. The Morgan fingerprint density at radius 3 is 3.07 bits per heavy atom. The Bertz CT molecular complexity index is 360. The molecular formula is C12H14O3. The zero-order chi connectivity index (χ0) is 10.7. The molecule has 3 nitrogen and oxygen atoms in total. The van der Waals surface area contributed by atoms with Gasteiger partial charge in [-0.2, -0.15) is 0 Å². The Balaban J connectivity index is 2.01. The summed E-state index contributed by atoms with van der Waals surface area (Å²) in [6.45, 7) is 0.552. The summed E-state index contributed by atoms with van der Waals surface area (Å²) >= 11 is 0. The number of carbonyl (C=O) groups is 1. The van der Waals surface area contributed by atoms with Gasteiger partial charge in [0.25, 0.3) is 0 Å². The van der Waals surface area contributed by atoms with E-state index in [9.17, 15) is 4.79 Å². The van der Waals surface area contributed by atoms with Crippen molar-refractivity contribution >= 4 is 5.97 Å². The Hall–Kier alpha value is -1.51. The van der Waals surface area contributed by atoms with Crippen LogP contribution in [0.4, 0.5) is 0 Å². The summed E-state index contributed by atoms with van der Waals surface area (Å²) in [5.74, 6) is 1.10. The van der Waals surface area contributed by atoms with Crippen LogP contribution in [0.3, 0.4) is 0 Å². The molecule has 15 heavy (non-hydrogen) atoms. The number of hydrogen-bond acceptors (Lipinski definition) is 3. The fourth-order valence-electron chi connectivity index (χ4n) is 1.83. The Labute approximate surface area is 89.0 Å². The molecule has 1 unspecified atom stereocenters. The molecule has 0 radical (unpaired) electrons. The van der Waals surface area contributed by atoms with Gasteiger partial charge < -0.3 is 9.47 Å². The summed E-state index contributed by atoms with van der Waals surface area (Å²) in [6, 6.07) is 7.93. The number of cyclic esters (lactones) is 1. The molecule has 3 heteroatoms. The number of ether oxygens (including phenoxy) is 2.